The molecule has 9 N–H and O–H groups in total. The van der Waals surface area contributed by atoms with Crippen molar-refractivity contribution in [3.05, 3.63) is 164 Å². The number of aromatic hydroxyl groups is 9. The molecule has 0 radical (unpaired) electrons. The Balaban J connectivity index is 0.000000223. The number of esters is 9. The summed E-state index contributed by atoms with van der Waals surface area (Å²) in [5, 5.41) is 96.6. The minimum absolute atomic E-state index is 0.0287. The van der Waals surface area contributed by atoms with Crippen molar-refractivity contribution in [2.75, 3.05) is 119 Å². The highest BCUT2D eigenvalue weighted by molar-refractivity contribution is 5.82. The first kappa shape index (κ1) is 108. The van der Waals surface area contributed by atoms with E-state index in [-0.39, 0.29) is 312 Å². The number of benzene rings is 9. The van der Waals surface area contributed by atoms with Gasteiger partial charge in [-0.3, -0.25) is 0 Å². The average Bonchev–Trinajstić information content (AvgIpc) is 0.778. The van der Waals surface area contributed by atoms with Crippen molar-refractivity contribution in [1.82, 2.24) is 44.9 Å². The molecule has 756 valence electrons. The average molecular weight is 1990 g/mol. The molecule has 3 heterocycles. The first-order valence-electron chi connectivity index (χ1n) is 44.2. The van der Waals surface area contributed by atoms with Crippen LogP contribution in [-0.2, 0) is 85.8 Å². The summed E-state index contributed by atoms with van der Waals surface area (Å²) in [7, 11) is 0. The highest BCUT2D eigenvalue weighted by Crippen LogP contribution is 2.44. The summed E-state index contributed by atoms with van der Waals surface area (Å²) in [5.74, 6) is -6.96. The van der Waals surface area contributed by atoms with E-state index in [4.69, 9.17) is 85.3 Å². The Bertz CT molecular complexity index is 6170. The topological polar surface area (TPSA) is 618 Å². The third-order valence-electron chi connectivity index (χ3n) is 18.7. The van der Waals surface area contributed by atoms with Gasteiger partial charge in [0.05, 0.1) is 110 Å². The van der Waals surface area contributed by atoms with Crippen LogP contribution in [0.1, 0.15) is 62.3 Å². The van der Waals surface area contributed by atoms with E-state index in [1.165, 1.54) is 158 Å². The van der Waals surface area contributed by atoms with E-state index in [9.17, 15) is 89.1 Å². The van der Waals surface area contributed by atoms with Crippen molar-refractivity contribution < 1.29 is 174 Å². The lowest BCUT2D eigenvalue weighted by atomic mass is 10.1. The van der Waals surface area contributed by atoms with Crippen molar-refractivity contribution in [1.29, 1.82) is 0 Å². The smallest absolute Gasteiger partial charge is 0.344 e. The molecule has 9 aromatic carbocycles. The van der Waals surface area contributed by atoms with E-state index in [1.54, 1.807) is 62.3 Å². The van der Waals surface area contributed by atoms with Crippen LogP contribution in [0.15, 0.2) is 164 Å². The fourth-order valence-corrected chi connectivity index (χ4v) is 12.4. The molecule has 0 bridgehead atoms. The van der Waals surface area contributed by atoms with Crippen LogP contribution in [-0.4, -0.2) is 263 Å². The van der Waals surface area contributed by atoms with E-state index < -0.39 is 66.9 Å². The summed E-state index contributed by atoms with van der Waals surface area (Å²) in [6.07, 6.45) is 0. The van der Waals surface area contributed by atoms with Gasteiger partial charge in [0.1, 0.15) is 103 Å². The third kappa shape index (κ3) is 31.6. The number of ether oxygens (including phenoxy) is 18. The van der Waals surface area contributed by atoms with Crippen LogP contribution >= 0.6 is 0 Å². The van der Waals surface area contributed by atoms with Crippen LogP contribution in [0.4, 0.5) is 0 Å². The molecule has 0 aliphatic carbocycles. The van der Waals surface area contributed by atoms with E-state index in [1.807, 2.05) is 0 Å². The SMILES string of the molecule is CCOC(=O)COc1ccc(-c2nc(-c3ccc(O)cc3O)nc(-c3ccc(OCC(=O)OCC)cc3O)n2)c(O)c1.CCOC(=O)COc1ccc(-c2nc(-c3ccc(OCC(=O)OCC)cc3O)nc(-c3ccc(OCC(=O)OCC)cc3O)n2)c(O)c1.CCOC(=O)COc1ccc(-c2nc(-c3ccc(OCC(=O)OCC)cc3O)nc(-c3ccc(OCC(=O)OCC)cc3OCC(=O)OCC)n2)c(O)c1. The van der Waals surface area contributed by atoms with Crippen LogP contribution in [0.25, 0.3) is 102 Å². The van der Waals surface area contributed by atoms with E-state index in [0.29, 0.717) is 0 Å². The zero-order valence-electron chi connectivity index (χ0n) is 78.9. The molecule has 45 nitrogen and oxygen atoms in total. The van der Waals surface area contributed by atoms with Crippen LogP contribution < -0.4 is 42.6 Å². The summed E-state index contributed by atoms with van der Waals surface area (Å²) in [4.78, 5) is 146. The second-order valence-corrected chi connectivity index (χ2v) is 28.9. The Kier molecular flexibility index (Phi) is 40.0. The van der Waals surface area contributed by atoms with Gasteiger partial charge < -0.3 is 131 Å². The number of carbonyl (C=O) groups excluding carboxylic acids is 9. The van der Waals surface area contributed by atoms with Crippen molar-refractivity contribution in [2.24, 2.45) is 0 Å². The number of hydrogen-bond donors (Lipinski definition) is 9. The molecule has 3 aromatic heterocycles. The summed E-state index contributed by atoms with van der Waals surface area (Å²) in [6, 6.07) is 37.7. The summed E-state index contributed by atoms with van der Waals surface area (Å²) < 4.78 is 93.0. The molecule has 0 unspecified atom stereocenters. The quantitative estimate of drug-likeness (QED) is 0.0126. The molecule has 0 aliphatic rings. The number of hydrogen-bond acceptors (Lipinski definition) is 45. The van der Waals surface area contributed by atoms with Gasteiger partial charge in [0.15, 0.2) is 112 Å². The van der Waals surface area contributed by atoms with E-state index in [0.717, 1.165) is 6.07 Å². The maximum atomic E-state index is 12.3. The lowest BCUT2D eigenvalue weighted by molar-refractivity contribution is -0.146. The Morgan fingerprint density at radius 2 is 0.319 bits per heavy atom. The zero-order chi connectivity index (χ0) is 104. The van der Waals surface area contributed by atoms with Crippen molar-refractivity contribution in [3.63, 3.8) is 0 Å². The standard InChI is InChI=1S/C37H39N3O14.C33H33N3O12.C29H27N3O10/c1-5-47-31(43)18-51-22-9-12-25(28(41)15-22)35-38-36(26-13-10-23(16-29(26)42)52-19-32(44)48-6-2)40-37(39-35)27-14-11-24(53-20-33(45)49-7-3)17-30(27)54-21-34(46)50-8-4;1-4-43-28(40)16-46-19-7-10-22(25(37)13-19)31-34-32(23-11-8-20(14-26(23)38)47-17-29(41)44-5-2)36-33(35-31)24-12-9-21(15-27(24)39)48-18-30(42)45-6-3;1-3-39-25(37)14-41-17-6-9-20(23(35)12-17)28-30-27(19-8-5-16(33)11-22(19)34)31-29(32-28)21-10-7-18(13-24(21)36)42-15-26(38)40-4-2/h9-17,41-42H,5-8,18-21H2,1-4H3;7-15,37-39H,4-6,16-18H2,1-3H3;5-13,33-36H,3-4,14-15H2,1-2H3. The Morgan fingerprint density at radius 1 is 0.181 bits per heavy atom. The summed E-state index contributed by atoms with van der Waals surface area (Å²) >= 11 is 0. The Hall–Kier alpha value is -18.4. The molecule has 0 spiro atoms. The molecular formula is C99H99N9O36. The van der Waals surface area contributed by atoms with Gasteiger partial charge in [-0.15, -0.1) is 0 Å². The molecule has 0 amide bonds. The van der Waals surface area contributed by atoms with Crippen molar-refractivity contribution in [2.45, 2.75) is 62.3 Å². The molecule has 12 rings (SSSR count). The van der Waals surface area contributed by atoms with Crippen molar-refractivity contribution in [3.8, 4) is 206 Å². The van der Waals surface area contributed by atoms with Crippen LogP contribution in [0, 0.1) is 0 Å². The first-order valence-corrected chi connectivity index (χ1v) is 44.2. The number of carbonyl (C=O) groups is 9. The number of nitrogens with zero attached hydrogens (tertiary/aromatic N) is 9. The van der Waals surface area contributed by atoms with E-state index >= 15 is 0 Å². The largest absolute Gasteiger partial charge is 0.508 e. The predicted octanol–water partition coefficient (Wildman–Crippen LogP) is 11.4. The minimum atomic E-state index is -0.663. The predicted molar refractivity (Wildman–Crippen MR) is 503 cm³/mol. The fraction of sp³-hybridized carbons (Fsp3) is 0.273. The first-order chi connectivity index (χ1) is 69.3. The van der Waals surface area contributed by atoms with Gasteiger partial charge in [0, 0.05) is 54.6 Å². The second kappa shape index (κ2) is 53.5. The normalized spacial score (nSPS) is 10.6. The monoisotopic (exact) mass is 1990 g/mol. The fourth-order valence-electron chi connectivity index (χ4n) is 12.4. The van der Waals surface area contributed by atoms with Gasteiger partial charge in [-0.2, -0.15) is 0 Å². The van der Waals surface area contributed by atoms with Gasteiger partial charge in [-0.1, -0.05) is 0 Å². The van der Waals surface area contributed by atoms with Gasteiger partial charge in [-0.25, -0.2) is 88.0 Å². The van der Waals surface area contributed by atoms with Crippen LogP contribution in [0.2, 0.25) is 0 Å². The van der Waals surface area contributed by atoms with Gasteiger partial charge >= 0.3 is 53.7 Å². The van der Waals surface area contributed by atoms with Crippen molar-refractivity contribution >= 4 is 53.7 Å². The molecule has 0 fully saturated rings. The lowest BCUT2D eigenvalue weighted by Crippen LogP contribution is -2.16. The molecular weight excluding hydrogens is 1890 g/mol. The number of phenols is 9. The molecule has 0 aliphatic heterocycles. The molecule has 0 atom stereocenters. The highest BCUT2D eigenvalue weighted by Gasteiger charge is 2.27. The van der Waals surface area contributed by atoms with Gasteiger partial charge in [-0.05, 0) is 172 Å². The summed E-state index contributed by atoms with van der Waals surface area (Å²) in [5.41, 5.74) is 1.27. The van der Waals surface area contributed by atoms with E-state index in [2.05, 4.69) is 44.9 Å². The molecule has 45 heteroatoms. The Morgan fingerprint density at radius 3 is 0.479 bits per heavy atom. The highest BCUT2D eigenvalue weighted by atomic mass is 16.6. The number of phenolic OH excluding ortho intramolecular Hbond substituents is 9. The maximum absolute atomic E-state index is 12.3. The molecule has 0 saturated heterocycles. The molecule has 12 aromatic rings. The van der Waals surface area contributed by atoms with Crippen LogP contribution in [0.5, 0.6) is 103 Å². The maximum Gasteiger partial charge on any atom is 0.344 e. The zero-order valence-corrected chi connectivity index (χ0v) is 78.9. The molecule has 0 saturated carbocycles. The van der Waals surface area contributed by atoms with Gasteiger partial charge in [0.2, 0.25) is 0 Å². The molecule has 144 heavy (non-hydrogen) atoms. The number of rotatable bonds is 45. The van der Waals surface area contributed by atoms with Gasteiger partial charge in [0.25, 0.3) is 0 Å². The second-order valence-electron chi connectivity index (χ2n) is 28.9. The Labute approximate surface area is 820 Å². The van der Waals surface area contributed by atoms with Crippen LogP contribution in [0.3, 0.4) is 0 Å². The lowest BCUT2D eigenvalue weighted by Gasteiger charge is -2.15. The third-order valence-corrected chi connectivity index (χ3v) is 18.7. The number of aromatic nitrogens is 9. The minimum Gasteiger partial charge on any atom is -0.508 e. The summed E-state index contributed by atoms with van der Waals surface area (Å²) in [6.45, 7) is 13.0.